The first kappa shape index (κ1) is 77.7. The first-order chi connectivity index (χ1) is 49.8. The van der Waals surface area contributed by atoms with Crippen molar-refractivity contribution in [2.45, 2.75) is 102 Å². The van der Waals surface area contributed by atoms with Crippen LogP contribution >= 0.6 is 144 Å². The lowest BCUT2D eigenvalue weighted by atomic mass is 10.1. The molecule has 0 fully saturated rings. The van der Waals surface area contributed by atoms with Crippen LogP contribution < -0.4 is 28.7 Å². The maximum atomic E-state index is 6.27. The second-order valence-electron chi connectivity index (χ2n) is 23.7. The Bertz CT molecular complexity index is 5050. The van der Waals surface area contributed by atoms with E-state index in [1.54, 1.807) is 44.0 Å². The molecule has 0 aliphatic rings. The third-order valence-electron chi connectivity index (χ3n) is 16.4. The van der Waals surface area contributed by atoms with Gasteiger partial charge in [0.05, 0.1) is 92.8 Å². The van der Waals surface area contributed by atoms with Gasteiger partial charge in [-0.25, -0.2) is 34.9 Å². The summed E-state index contributed by atoms with van der Waals surface area (Å²) >= 11 is 46.8. The molecule has 15 aromatic rings. The Balaban J connectivity index is 0.000000131. The molecule has 30 nitrogen and oxygen atoms in total. The van der Waals surface area contributed by atoms with Gasteiger partial charge in [0, 0.05) is 53.5 Å². The average molecular weight is 1890 g/mol. The Hall–Kier alpha value is -8.40. The van der Waals surface area contributed by atoms with Crippen LogP contribution in [0.1, 0.15) is 84.1 Å². The van der Waals surface area contributed by atoms with Gasteiger partial charge < -0.3 is 51.5 Å². The van der Waals surface area contributed by atoms with E-state index in [1.807, 2.05) is 104 Å². The molecule has 15 aromatic heterocycles. The van der Waals surface area contributed by atoms with Gasteiger partial charge in [0.15, 0.2) is 43.7 Å². The van der Waals surface area contributed by atoms with E-state index in [2.05, 4.69) is 193 Å². The van der Waals surface area contributed by atoms with E-state index in [0.717, 1.165) is 97.5 Å². The maximum absolute atomic E-state index is 6.27. The van der Waals surface area contributed by atoms with Crippen LogP contribution in [-0.2, 0) is 32.7 Å². The van der Waals surface area contributed by atoms with Gasteiger partial charge in [0.25, 0.3) is 0 Å². The molecule has 0 aromatic carbocycles. The highest BCUT2D eigenvalue weighted by Crippen LogP contribution is 2.31. The summed E-state index contributed by atoms with van der Waals surface area (Å²) in [5.41, 5.74) is 49.5. The Labute approximate surface area is 670 Å². The summed E-state index contributed by atoms with van der Waals surface area (Å²) in [4.78, 5) is 84.5. The van der Waals surface area contributed by atoms with Crippen LogP contribution in [0.4, 0.5) is 29.7 Å². The molecule has 40 heteroatoms. The van der Waals surface area contributed by atoms with Gasteiger partial charge in [-0.2, -0.15) is 39.9 Å². The summed E-state index contributed by atoms with van der Waals surface area (Å²) in [7, 11) is 0. The number of fused-ring (bicyclic) bond motifs is 5. The first-order valence-corrected chi connectivity index (χ1v) is 37.2. The molecule has 0 aliphatic heterocycles. The molecule has 10 N–H and O–H groups in total. The largest absolute Gasteiger partial charge is 0.368 e. The van der Waals surface area contributed by atoms with Gasteiger partial charge in [-0.15, -0.1) is 0 Å². The van der Waals surface area contributed by atoms with Gasteiger partial charge in [-0.05, 0) is 179 Å². The van der Waals surface area contributed by atoms with Crippen molar-refractivity contribution in [2.24, 2.45) is 0 Å². The van der Waals surface area contributed by atoms with Crippen molar-refractivity contribution in [3.8, 4) is 0 Å². The van der Waals surface area contributed by atoms with Gasteiger partial charge in [0.2, 0.25) is 29.7 Å². The molecule has 0 spiro atoms. The SMILES string of the molecule is Cc1cnc(Cn2cnc3c(Br)nc(N)nc32)c(C)c1Br.Cc1cnc(Cn2cnc3c(Br)nc(N)nc32)c(C)c1Cl.Cc1cnc(Cn2cnc3c(Cl)nc(N)nc32)c(C)c1Br.Cc1cnc(Cn2cnc3c(Cl)nc(N)nc32)c(C)c1Cl.Cc1cnc(Cn2cnc3c(Cl)nc(N)nc32)c(C)c1I. The van der Waals surface area contributed by atoms with Crippen molar-refractivity contribution in [3.05, 3.63) is 194 Å². The molecule has 0 saturated heterocycles. The molecule has 15 rings (SSSR count). The smallest absolute Gasteiger partial charge is 0.223 e. The van der Waals surface area contributed by atoms with Crippen LogP contribution in [0.2, 0.25) is 25.5 Å². The highest BCUT2D eigenvalue weighted by Gasteiger charge is 2.20. The summed E-state index contributed by atoms with van der Waals surface area (Å²) in [6, 6.07) is 0. The van der Waals surface area contributed by atoms with E-state index >= 15 is 0 Å². The average Bonchev–Trinajstić information content (AvgIpc) is 1.68. The van der Waals surface area contributed by atoms with Gasteiger partial charge in [-0.1, -0.05) is 89.9 Å². The zero-order valence-electron chi connectivity index (χ0n) is 57.2. The van der Waals surface area contributed by atoms with E-state index in [1.165, 1.54) is 9.13 Å². The van der Waals surface area contributed by atoms with Crippen LogP contribution in [0.15, 0.2) is 80.8 Å². The predicted octanol–water partition coefficient (Wildman–Crippen LogP) is 14.3. The highest BCUT2D eigenvalue weighted by molar-refractivity contribution is 14.1. The standard InChI is InChI=1S/C13H12Br2N6.2C13H12BrClN6.C13H12Cl2N6.C13H12ClIN6/c1-6-3-17-8(7(2)9(6)14)4-21-5-18-10-11(15)19-13(16)20-12(10)21;1-6-3-17-8(7(2)9(6)15)4-21-5-18-10-11(14)19-13(16)20-12(10)21;2*1-6-3-17-8(7(2)9(6)14)4-21-5-18-10-11(15)19-13(16)20-12(10)21;1-6-3-17-8(7(2)9(6)15)4-21-5-18-10-11(14)19-13(16)20-12(10)21/h5*3,5H,4H2,1-2H3,(H2,16,19,20). The van der Waals surface area contributed by atoms with E-state index in [0.29, 0.717) is 97.7 Å². The van der Waals surface area contributed by atoms with Crippen molar-refractivity contribution >= 4 is 230 Å². The Morgan fingerprint density at radius 3 is 0.848 bits per heavy atom. The van der Waals surface area contributed by atoms with Crippen molar-refractivity contribution in [1.29, 1.82) is 0 Å². The monoisotopic (exact) mass is 1880 g/mol. The van der Waals surface area contributed by atoms with Crippen molar-refractivity contribution in [3.63, 3.8) is 0 Å². The summed E-state index contributed by atoms with van der Waals surface area (Å²) in [6.07, 6.45) is 17.5. The van der Waals surface area contributed by atoms with Gasteiger partial charge in [-0.3, -0.25) is 24.9 Å². The van der Waals surface area contributed by atoms with Crippen molar-refractivity contribution in [2.75, 3.05) is 28.7 Å². The molecule has 0 bridgehead atoms. The minimum Gasteiger partial charge on any atom is -0.368 e. The van der Waals surface area contributed by atoms with Crippen LogP contribution in [0.5, 0.6) is 0 Å². The number of pyridine rings is 5. The number of rotatable bonds is 10. The molecule has 0 aliphatic carbocycles. The lowest BCUT2D eigenvalue weighted by Crippen LogP contribution is -2.06. The third-order valence-corrected chi connectivity index (χ3v) is 23.6. The fourth-order valence-electron chi connectivity index (χ4n) is 10.6. The number of hydrogen-bond acceptors (Lipinski definition) is 25. The molecule has 540 valence electrons. The minimum absolute atomic E-state index is 0.112. The Morgan fingerprint density at radius 1 is 0.305 bits per heavy atom. The van der Waals surface area contributed by atoms with Crippen LogP contribution in [0.25, 0.3) is 55.8 Å². The van der Waals surface area contributed by atoms with Crippen molar-refractivity contribution in [1.82, 2.24) is 123 Å². The molecular formula is C65H60Br4Cl5IN30. The molecule has 0 unspecified atom stereocenters. The summed E-state index contributed by atoms with van der Waals surface area (Å²) in [5, 5.41) is 2.21. The molecule has 0 atom stereocenters. The molecule has 0 radical (unpaired) electrons. The molecular weight excluding hydrogens is 1820 g/mol. The van der Waals surface area contributed by atoms with E-state index < -0.39 is 0 Å². The Kier molecular flexibility index (Phi) is 24.2. The number of halogens is 10. The molecule has 105 heavy (non-hydrogen) atoms. The fourth-order valence-corrected chi connectivity index (χ4v) is 13.6. The number of imidazole rings is 5. The predicted molar refractivity (Wildman–Crippen MR) is 431 cm³/mol. The summed E-state index contributed by atoms with van der Waals surface area (Å²) in [6.45, 7) is 22.6. The second kappa shape index (κ2) is 32.8. The topological polar surface area (TPSA) is 413 Å². The molecule has 0 saturated carbocycles. The number of anilines is 5. The zero-order chi connectivity index (χ0) is 75.7. The molecule has 15 heterocycles. The summed E-state index contributed by atoms with van der Waals surface area (Å²) in [5.74, 6) is 0.788. The molecule has 0 amide bonds. The maximum Gasteiger partial charge on any atom is 0.223 e. The number of nitrogens with zero attached hydrogens (tertiary/aromatic N) is 25. The van der Waals surface area contributed by atoms with Crippen LogP contribution in [-0.4, -0.2) is 123 Å². The summed E-state index contributed by atoms with van der Waals surface area (Å²) < 4.78 is 13.9. The van der Waals surface area contributed by atoms with Crippen LogP contribution in [0, 0.1) is 72.8 Å². The first-order valence-electron chi connectivity index (χ1n) is 31.1. The van der Waals surface area contributed by atoms with Crippen LogP contribution in [0.3, 0.4) is 0 Å². The number of hydrogen-bond donors (Lipinski definition) is 5. The van der Waals surface area contributed by atoms with E-state index in [4.69, 9.17) is 86.7 Å². The van der Waals surface area contributed by atoms with Gasteiger partial charge in [0.1, 0.15) is 36.8 Å². The Morgan fingerprint density at radius 2 is 0.543 bits per heavy atom. The second-order valence-corrected chi connectivity index (χ2v) is 29.7. The highest BCUT2D eigenvalue weighted by atomic mass is 127. The lowest BCUT2D eigenvalue weighted by molar-refractivity contribution is 0.778. The van der Waals surface area contributed by atoms with E-state index in [-0.39, 0.29) is 45.2 Å². The number of aromatic nitrogens is 25. The van der Waals surface area contributed by atoms with Crippen molar-refractivity contribution < 1.29 is 0 Å². The quantitative estimate of drug-likeness (QED) is 0.0627. The number of nitrogen functional groups attached to an aromatic ring is 5. The fraction of sp³-hybridized carbons (Fsp3) is 0.231. The zero-order valence-corrected chi connectivity index (χ0v) is 69.4. The van der Waals surface area contributed by atoms with E-state index in [9.17, 15) is 0 Å². The number of aryl methyl sites for hydroxylation is 5. The normalized spacial score (nSPS) is 11.2. The lowest BCUT2D eigenvalue weighted by Gasteiger charge is -2.10. The minimum atomic E-state index is 0.112. The third kappa shape index (κ3) is 17.1. The van der Waals surface area contributed by atoms with Gasteiger partial charge >= 0.3 is 0 Å². The number of nitrogens with two attached hydrogens (primary N) is 5.